The third-order valence-electron chi connectivity index (χ3n) is 2.79. The fraction of sp³-hybridized carbons (Fsp3) is 1.00. The molecule has 0 atom stereocenters. The SMILES string of the molecule is C[Si](C)(C)CC1(CO)CCOCC1. The Morgan fingerprint density at radius 1 is 1.23 bits per heavy atom. The molecule has 0 aromatic rings. The Labute approximate surface area is 82.3 Å². The van der Waals surface area contributed by atoms with Crippen molar-refractivity contribution in [2.45, 2.75) is 38.5 Å². The molecular formula is C10H22O2Si. The van der Waals surface area contributed by atoms with Crippen molar-refractivity contribution in [3.8, 4) is 0 Å². The highest BCUT2D eigenvalue weighted by Crippen LogP contribution is 2.38. The van der Waals surface area contributed by atoms with Crippen molar-refractivity contribution in [1.82, 2.24) is 0 Å². The Kier molecular flexibility index (Phi) is 3.55. The maximum atomic E-state index is 9.47. The smallest absolute Gasteiger partial charge is 0.0486 e. The van der Waals surface area contributed by atoms with Gasteiger partial charge in [-0.15, -0.1) is 0 Å². The van der Waals surface area contributed by atoms with Crippen LogP contribution in [0.5, 0.6) is 0 Å². The maximum Gasteiger partial charge on any atom is 0.0486 e. The van der Waals surface area contributed by atoms with Crippen LogP contribution in [0.25, 0.3) is 0 Å². The minimum atomic E-state index is -1.05. The molecule has 0 aliphatic carbocycles. The van der Waals surface area contributed by atoms with Crippen LogP contribution in [-0.2, 0) is 4.74 Å². The molecule has 0 aromatic carbocycles. The van der Waals surface area contributed by atoms with E-state index in [1.54, 1.807) is 0 Å². The first-order valence-corrected chi connectivity index (χ1v) is 8.87. The van der Waals surface area contributed by atoms with Crippen LogP contribution < -0.4 is 0 Å². The van der Waals surface area contributed by atoms with E-state index < -0.39 is 8.07 Å². The van der Waals surface area contributed by atoms with E-state index >= 15 is 0 Å². The Morgan fingerprint density at radius 3 is 2.15 bits per heavy atom. The molecule has 0 saturated carbocycles. The standard InChI is InChI=1S/C10H22O2Si/c1-13(2,3)9-10(8-11)4-6-12-7-5-10/h11H,4-9H2,1-3H3. The highest BCUT2D eigenvalue weighted by atomic mass is 28.3. The van der Waals surface area contributed by atoms with E-state index in [4.69, 9.17) is 4.74 Å². The molecule has 1 heterocycles. The molecule has 0 radical (unpaired) electrons. The summed E-state index contributed by atoms with van der Waals surface area (Å²) in [5.41, 5.74) is 0.197. The van der Waals surface area contributed by atoms with E-state index in [2.05, 4.69) is 19.6 Å². The van der Waals surface area contributed by atoms with Crippen molar-refractivity contribution in [2.24, 2.45) is 5.41 Å². The van der Waals surface area contributed by atoms with Crippen LogP contribution in [0.3, 0.4) is 0 Å². The van der Waals surface area contributed by atoms with Gasteiger partial charge in [0.2, 0.25) is 0 Å². The lowest BCUT2D eigenvalue weighted by Crippen LogP contribution is -2.39. The van der Waals surface area contributed by atoms with Gasteiger partial charge in [-0.05, 0) is 24.3 Å². The largest absolute Gasteiger partial charge is 0.396 e. The summed E-state index contributed by atoms with van der Waals surface area (Å²) >= 11 is 0. The van der Waals surface area contributed by atoms with Crippen LogP contribution in [0.4, 0.5) is 0 Å². The van der Waals surface area contributed by atoms with Crippen molar-refractivity contribution >= 4 is 8.07 Å². The van der Waals surface area contributed by atoms with E-state index in [9.17, 15) is 5.11 Å². The molecule has 1 N–H and O–H groups in total. The molecule has 1 saturated heterocycles. The summed E-state index contributed by atoms with van der Waals surface area (Å²) in [6.45, 7) is 9.15. The summed E-state index contributed by atoms with van der Waals surface area (Å²) in [5.74, 6) is 0. The Hall–Kier alpha value is 0.137. The monoisotopic (exact) mass is 202 g/mol. The van der Waals surface area contributed by atoms with E-state index in [1.807, 2.05) is 0 Å². The number of aliphatic hydroxyl groups excluding tert-OH is 1. The Morgan fingerprint density at radius 2 is 1.77 bits per heavy atom. The lowest BCUT2D eigenvalue weighted by Gasteiger charge is -2.39. The molecule has 0 bridgehead atoms. The van der Waals surface area contributed by atoms with E-state index in [-0.39, 0.29) is 5.41 Å². The van der Waals surface area contributed by atoms with Gasteiger partial charge >= 0.3 is 0 Å². The third kappa shape index (κ3) is 3.41. The number of hydrogen-bond donors (Lipinski definition) is 1. The first-order chi connectivity index (χ1) is 5.97. The molecule has 0 aromatic heterocycles. The zero-order valence-corrected chi connectivity index (χ0v) is 10.1. The Balaban J connectivity index is 2.57. The number of hydrogen-bond acceptors (Lipinski definition) is 2. The molecule has 1 aliphatic rings. The fourth-order valence-electron chi connectivity index (χ4n) is 2.32. The highest BCUT2D eigenvalue weighted by molar-refractivity contribution is 6.76. The quantitative estimate of drug-likeness (QED) is 0.710. The molecular weight excluding hydrogens is 180 g/mol. The molecule has 3 heteroatoms. The minimum absolute atomic E-state index is 0.197. The van der Waals surface area contributed by atoms with Gasteiger partial charge in [-0.2, -0.15) is 0 Å². The van der Waals surface area contributed by atoms with Crippen LogP contribution in [0.15, 0.2) is 0 Å². The predicted octanol–water partition coefficient (Wildman–Crippen LogP) is 2.11. The van der Waals surface area contributed by atoms with Gasteiger partial charge in [0.05, 0.1) is 0 Å². The van der Waals surface area contributed by atoms with Crippen molar-refractivity contribution in [3.63, 3.8) is 0 Å². The zero-order chi connectivity index (χ0) is 9.95. The van der Waals surface area contributed by atoms with Crippen molar-refractivity contribution in [1.29, 1.82) is 0 Å². The molecule has 1 fully saturated rings. The summed E-state index contributed by atoms with van der Waals surface area (Å²) in [6.07, 6.45) is 2.10. The first kappa shape index (κ1) is 11.2. The number of aliphatic hydroxyl groups is 1. The number of rotatable bonds is 3. The van der Waals surface area contributed by atoms with Gasteiger partial charge in [0.25, 0.3) is 0 Å². The second kappa shape index (κ2) is 4.11. The third-order valence-corrected chi connectivity index (χ3v) is 4.60. The summed E-state index contributed by atoms with van der Waals surface area (Å²) in [7, 11) is -1.05. The molecule has 1 rings (SSSR count). The molecule has 78 valence electrons. The summed E-state index contributed by atoms with van der Waals surface area (Å²) in [5, 5.41) is 9.47. The normalized spacial score (nSPS) is 23.1. The summed E-state index contributed by atoms with van der Waals surface area (Å²) in [4.78, 5) is 0. The van der Waals surface area contributed by atoms with Gasteiger partial charge in [-0.1, -0.05) is 19.6 Å². The average Bonchev–Trinajstić information content (AvgIpc) is 2.03. The van der Waals surface area contributed by atoms with E-state index in [1.165, 1.54) is 6.04 Å². The second-order valence-corrected chi connectivity index (χ2v) is 11.0. The van der Waals surface area contributed by atoms with Crippen molar-refractivity contribution < 1.29 is 9.84 Å². The van der Waals surface area contributed by atoms with Gasteiger partial charge in [-0.3, -0.25) is 0 Å². The van der Waals surface area contributed by atoms with Gasteiger partial charge < -0.3 is 9.84 Å². The predicted molar refractivity (Wildman–Crippen MR) is 57.7 cm³/mol. The molecule has 0 unspecified atom stereocenters. The highest BCUT2D eigenvalue weighted by Gasteiger charge is 2.36. The lowest BCUT2D eigenvalue weighted by atomic mass is 9.83. The topological polar surface area (TPSA) is 29.5 Å². The van der Waals surface area contributed by atoms with Gasteiger partial charge in [0.1, 0.15) is 0 Å². The van der Waals surface area contributed by atoms with Crippen LogP contribution in [0.1, 0.15) is 12.8 Å². The zero-order valence-electron chi connectivity index (χ0n) is 9.10. The van der Waals surface area contributed by atoms with Gasteiger partial charge in [0, 0.05) is 27.9 Å². The second-order valence-electron chi connectivity index (χ2n) is 5.51. The average molecular weight is 202 g/mol. The van der Waals surface area contributed by atoms with Crippen LogP contribution in [-0.4, -0.2) is 33.0 Å². The van der Waals surface area contributed by atoms with E-state index in [0.717, 1.165) is 26.1 Å². The van der Waals surface area contributed by atoms with Gasteiger partial charge in [-0.25, -0.2) is 0 Å². The molecule has 0 amide bonds. The lowest BCUT2D eigenvalue weighted by molar-refractivity contribution is -0.00608. The molecule has 0 spiro atoms. The van der Waals surface area contributed by atoms with Crippen molar-refractivity contribution in [2.75, 3.05) is 19.8 Å². The molecule has 1 aliphatic heterocycles. The minimum Gasteiger partial charge on any atom is -0.396 e. The molecule has 13 heavy (non-hydrogen) atoms. The summed E-state index contributed by atoms with van der Waals surface area (Å²) < 4.78 is 5.35. The molecule has 2 nitrogen and oxygen atoms in total. The Bertz CT molecular complexity index is 157. The number of ether oxygens (including phenoxy) is 1. The van der Waals surface area contributed by atoms with Gasteiger partial charge in [0.15, 0.2) is 0 Å². The van der Waals surface area contributed by atoms with Crippen molar-refractivity contribution in [3.05, 3.63) is 0 Å². The summed E-state index contributed by atoms with van der Waals surface area (Å²) in [6, 6.07) is 1.24. The van der Waals surface area contributed by atoms with E-state index in [0.29, 0.717) is 6.61 Å². The maximum absolute atomic E-state index is 9.47. The van der Waals surface area contributed by atoms with Crippen LogP contribution >= 0.6 is 0 Å². The van der Waals surface area contributed by atoms with Crippen LogP contribution in [0, 0.1) is 5.41 Å². The fourth-order valence-corrected chi connectivity index (χ4v) is 5.04. The van der Waals surface area contributed by atoms with Crippen LogP contribution in [0.2, 0.25) is 25.7 Å². The first-order valence-electron chi connectivity index (χ1n) is 5.16.